The molecule has 0 aliphatic heterocycles. The summed E-state index contributed by atoms with van der Waals surface area (Å²) in [6, 6.07) is 18.2. The normalized spacial score (nSPS) is 11.9. The number of nitrogens with zero attached hydrogens (tertiary/aromatic N) is 2. The minimum absolute atomic E-state index is 0.0783. The number of carbonyl (C=O) groups excluding carboxylic acids is 2. The van der Waals surface area contributed by atoms with E-state index in [2.05, 4.69) is 5.32 Å². The zero-order valence-electron chi connectivity index (χ0n) is 22.7. The summed E-state index contributed by atoms with van der Waals surface area (Å²) < 4.78 is 34.2. The van der Waals surface area contributed by atoms with Crippen LogP contribution in [0.4, 0.5) is 5.69 Å². The largest absolute Gasteiger partial charge is 0.497 e. The smallest absolute Gasteiger partial charge is 0.264 e. The Morgan fingerprint density at radius 2 is 1.61 bits per heavy atom. The van der Waals surface area contributed by atoms with Gasteiger partial charge >= 0.3 is 0 Å². The van der Waals surface area contributed by atoms with Crippen LogP contribution in [0.3, 0.4) is 0 Å². The van der Waals surface area contributed by atoms with Gasteiger partial charge < -0.3 is 15.0 Å². The van der Waals surface area contributed by atoms with Gasteiger partial charge in [-0.15, -0.1) is 0 Å². The average molecular weight is 538 g/mol. The van der Waals surface area contributed by atoms with Crippen molar-refractivity contribution >= 4 is 27.5 Å². The highest BCUT2D eigenvalue weighted by Gasteiger charge is 2.33. The highest BCUT2D eigenvalue weighted by Crippen LogP contribution is 2.28. The molecule has 2 amide bonds. The third-order valence-corrected chi connectivity index (χ3v) is 8.18. The molecule has 0 radical (unpaired) electrons. The first kappa shape index (κ1) is 28.7. The maximum atomic E-state index is 13.9. The van der Waals surface area contributed by atoms with Crippen LogP contribution in [0.15, 0.2) is 71.6 Å². The van der Waals surface area contributed by atoms with Crippen molar-refractivity contribution in [2.45, 2.75) is 45.2 Å². The summed E-state index contributed by atoms with van der Waals surface area (Å²) in [5.74, 6) is -0.262. The number of methoxy groups -OCH3 is 1. The molecule has 8 nitrogen and oxygen atoms in total. The second-order valence-corrected chi connectivity index (χ2v) is 11.1. The number of benzene rings is 3. The minimum atomic E-state index is -4.10. The summed E-state index contributed by atoms with van der Waals surface area (Å²) in [5, 5.41) is 2.58. The number of amides is 2. The van der Waals surface area contributed by atoms with E-state index in [4.69, 9.17) is 4.74 Å². The summed E-state index contributed by atoms with van der Waals surface area (Å²) in [6.07, 6.45) is 0. The van der Waals surface area contributed by atoms with Crippen LogP contribution in [0.5, 0.6) is 5.75 Å². The van der Waals surface area contributed by atoms with Crippen LogP contribution < -0.4 is 14.4 Å². The summed E-state index contributed by atoms with van der Waals surface area (Å²) in [7, 11) is -1.06. The van der Waals surface area contributed by atoms with Gasteiger partial charge in [0.2, 0.25) is 11.8 Å². The maximum Gasteiger partial charge on any atom is 0.264 e. The molecule has 0 aliphatic carbocycles. The van der Waals surface area contributed by atoms with Gasteiger partial charge in [0.15, 0.2) is 0 Å². The van der Waals surface area contributed by atoms with E-state index in [9.17, 15) is 18.0 Å². The molecule has 9 heteroatoms. The van der Waals surface area contributed by atoms with Gasteiger partial charge in [-0.1, -0.05) is 47.5 Å². The summed E-state index contributed by atoms with van der Waals surface area (Å²) in [6.45, 7) is 6.83. The quantitative estimate of drug-likeness (QED) is 0.422. The lowest BCUT2D eigenvalue weighted by Gasteiger charge is -2.32. The van der Waals surface area contributed by atoms with E-state index in [-0.39, 0.29) is 17.3 Å². The molecule has 0 spiro atoms. The van der Waals surface area contributed by atoms with Crippen LogP contribution in [0.2, 0.25) is 0 Å². The third kappa shape index (κ3) is 6.52. The highest BCUT2D eigenvalue weighted by atomic mass is 32.2. The number of hydrogen-bond donors (Lipinski definition) is 1. The molecule has 202 valence electrons. The fourth-order valence-electron chi connectivity index (χ4n) is 4.20. The molecule has 3 aromatic rings. The van der Waals surface area contributed by atoms with Gasteiger partial charge in [-0.2, -0.15) is 0 Å². The fourth-order valence-corrected chi connectivity index (χ4v) is 5.67. The predicted octanol–water partition coefficient (Wildman–Crippen LogP) is 3.98. The van der Waals surface area contributed by atoms with Gasteiger partial charge in [0.1, 0.15) is 18.3 Å². The van der Waals surface area contributed by atoms with E-state index in [0.29, 0.717) is 17.0 Å². The van der Waals surface area contributed by atoms with Crippen molar-refractivity contribution in [1.82, 2.24) is 10.2 Å². The third-order valence-electron chi connectivity index (χ3n) is 6.41. The van der Waals surface area contributed by atoms with Crippen molar-refractivity contribution < 1.29 is 22.7 Å². The number of nitrogens with one attached hydrogen (secondary N) is 1. The van der Waals surface area contributed by atoms with Crippen molar-refractivity contribution in [1.29, 1.82) is 0 Å². The van der Waals surface area contributed by atoms with Gasteiger partial charge in [0.25, 0.3) is 10.0 Å². The minimum Gasteiger partial charge on any atom is -0.497 e. The first-order valence-electron chi connectivity index (χ1n) is 12.3. The van der Waals surface area contributed by atoms with E-state index in [1.807, 2.05) is 39.0 Å². The number of likely N-dealkylation sites (N-methyl/N-ethyl adjacent to an activating group) is 1. The molecule has 0 saturated heterocycles. The number of hydrogen-bond acceptors (Lipinski definition) is 5. The van der Waals surface area contributed by atoms with Crippen molar-refractivity contribution in [3.63, 3.8) is 0 Å². The van der Waals surface area contributed by atoms with E-state index < -0.39 is 28.5 Å². The van der Waals surface area contributed by atoms with Crippen molar-refractivity contribution in [3.05, 3.63) is 89.0 Å². The zero-order valence-corrected chi connectivity index (χ0v) is 23.5. The molecular weight excluding hydrogens is 502 g/mol. The first-order valence-corrected chi connectivity index (χ1v) is 13.7. The lowest BCUT2D eigenvalue weighted by molar-refractivity contribution is -0.139. The first-order chi connectivity index (χ1) is 18.0. The zero-order chi connectivity index (χ0) is 28.0. The van der Waals surface area contributed by atoms with Gasteiger partial charge in [-0.25, -0.2) is 8.42 Å². The van der Waals surface area contributed by atoms with Crippen LogP contribution >= 0.6 is 0 Å². The SMILES string of the molecule is CNC(=O)C(C)N(Cc1cccc(OC)c1)C(=O)CN(c1ccc(C)cc1C)S(=O)(=O)c1ccc(C)cc1. The number of anilines is 1. The number of carbonyl (C=O) groups is 2. The van der Waals surface area contributed by atoms with Crippen LogP contribution in [-0.2, 0) is 26.2 Å². The Bertz CT molecular complexity index is 1400. The Hall–Kier alpha value is -3.85. The summed E-state index contributed by atoms with van der Waals surface area (Å²) in [5.41, 5.74) is 3.75. The van der Waals surface area contributed by atoms with Crippen LogP contribution in [0, 0.1) is 20.8 Å². The lowest BCUT2D eigenvalue weighted by Crippen LogP contribution is -2.50. The van der Waals surface area contributed by atoms with E-state index >= 15 is 0 Å². The molecule has 0 saturated carbocycles. The number of aryl methyl sites for hydroxylation is 3. The van der Waals surface area contributed by atoms with Gasteiger partial charge in [-0.3, -0.25) is 13.9 Å². The Balaban J connectivity index is 2.07. The number of rotatable bonds is 10. The second-order valence-electron chi connectivity index (χ2n) is 9.28. The molecule has 38 heavy (non-hydrogen) atoms. The van der Waals surface area contributed by atoms with Crippen LogP contribution in [-0.4, -0.2) is 51.9 Å². The molecule has 3 rings (SSSR count). The fraction of sp³-hybridized carbons (Fsp3) is 0.310. The van der Waals surface area contributed by atoms with Gasteiger partial charge in [0.05, 0.1) is 17.7 Å². The Morgan fingerprint density at radius 1 is 0.947 bits per heavy atom. The molecular formula is C29H35N3O5S. The van der Waals surface area contributed by atoms with Crippen molar-refractivity contribution in [3.8, 4) is 5.75 Å². The molecule has 1 N–H and O–H groups in total. The Labute approximate surface area is 225 Å². The molecule has 0 bridgehead atoms. The average Bonchev–Trinajstić information content (AvgIpc) is 2.90. The molecule has 0 heterocycles. The number of sulfonamides is 1. The molecule has 3 aromatic carbocycles. The second kappa shape index (κ2) is 12.1. The van der Waals surface area contributed by atoms with E-state index in [1.165, 1.54) is 24.1 Å². The predicted molar refractivity (Wildman–Crippen MR) is 149 cm³/mol. The van der Waals surface area contributed by atoms with Crippen LogP contribution in [0.1, 0.15) is 29.2 Å². The van der Waals surface area contributed by atoms with Crippen molar-refractivity contribution in [2.24, 2.45) is 0 Å². The number of ether oxygens (including phenoxy) is 1. The van der Waals surface area contributed by atoms with Gasteiger partial charge in [-0.05, 0) is 69.2 Å². The monoisotopic (exact) mass is 537 g/mol. The standard InChI is InChI=1S/C29H35N3O5S/c1-20-10-13-26(14-11-20)38(35,36)32(27-15-12-21(2)16-22(27)3)19-28(33)31(23(4)29(34)30-5)18-24-8-7-9-25(17-24)37-6/h7-17,23H,18-19H2,1-6H3,(H,30,34). The Kier molecular flexibility index (Phi) is 9.17. The molecule has 0 fully saturated rings. The molecule has 0 aliphatic rings. The summed E-state index contributed by atoms with van der Waals surface area (Å²) in [4.78, 5) is 27.9. The van der Waals surface area contributed by atoms with E-state index in [0.717, 1.165) is 21.0 Å². The highest BCUT2D eigenvalue weighted by molar-refractivity contribution is 7.92. The molecule has 1 unspecified atom stereocenters. The summed E-state index contributed by atoms with van der Waals surface area (Å²) >= 11 is 0. The maximum absolute atomic E-state index is 13.9. The lowest BCUT2D eigenvalue weighted by atomic mass is 10.1. The molecule has 0 aromatic heterocycles. The Morgan fingerprint density at radius 3 is 2.21 bits per heavy atom. The van der Waals surface area contributed by atoms with Crippen molar-refractivity contribution in [2.75, 3.05) is 25.0 Å². The molecule has 1 atom stereocenters. The van der Waals surface area contributed by atoms with Crippen LogP contribution in [0.25, 0.3) is 0 Å². The topological polar surface area (TPSA) is 96.0 Å². The van der Waals surface area contributed by atoms with E-state index in [1.54, 1.807) is 50.4 Å². The van der Waals surface area contributed by atoms with Gasteiger partial charge in [0, 0.05) is 13.6 Å².